The van der Waals surface area contributed by atoms with Gasteiger partial charge in [0, 0.05) is 28.0 Å². The van der Waals surface area contributed by atoms with Crippen molar-refractivity contribution in [3.05, 3.63) is 130 Å². The van der Waals surface area contributed by atoms with Crippen LogP contribution in [0.2, 0.25) is 5.02 Å². The Kier molecular flexibility index (Phi) is 10.9. The zero-order valence-corrected chi connectivity index (χ0v) is 27.9. The summed E-state index contributed by atoms with van der Waals surface area (Å²) in [5.74, 6) is -0.897. The van der Waals surface area contributed by atoms with Crippen molar-refractivity contribution in [1.29, 1.82) is 0 Å². The van der Waals surface area contributed by atoms with Gasteiger partial charge in [0.05, 0.1) is 10.6 Å². The SMILES string of the molecule is CC(C)(C)NC(=O)[C@H](Cc1ccccc1)N(Cc1cccc(Cl)c1)C(=O)CN(c1cccc(Br)c1)S(=O)(=O)c1ccccc1. The van der Waals surface area contributed by atoms with Gasteiger partial charge in [0.1, 0.15) is 12.6 Å². The second-order valence-corrected chi connectivity index (χ2v) is 14.6. The smallest absolute Gasteiger partial charge is 0.264 e. The maximum absolute atomic E-state index is 14.5. The second kappa shape index (κ2) is 14.4. The van der Waals surface area contributed by atoms with Gasteiger partial charge >= 0.3 is 0 Å². The predicted octanol–water partition coefficient (Wildman–Crippen LogP) is 6.85. The molecule has 0 bridgehead atoms. The average Bonchev–Trinajstić information content (AvgIpc) is 2.97. The first kappa shape index (κ1) is 33.2. The van der Waals surface area contributed by atoms with Crippen LogP contribution in [-0.4, -0.2) is 43.3 Å². The number of nitrogens with zero attached hydrogens (tertiary/aromatic N) is 2. The van der Waals surface area contributed by atoms with E-state index in [0.717, 1.165) is 9.87 Å². The highest BCUT2D eigenvalue weighted by atomic mass is 79.9. The topological polar surface area (TPSA) is 86.8 Å². The molecule has 0 aliphatic rings. The van der Waals surface area contributed by atoms with Crippen LogP contribution in [0.3, 0.4) is 0 Å². The van der Waals surface area contributed by atoms with Crippen molar-refractivity contribution in [3.63, 3.8) is 0 Å². The first-order chi connectivity index (χ1) is 20.8. The summed E-state index contributed by atoms with van der Waals surface area (Å²) in [5.41, 5.74) is 1.28. The Hall–Kier alpha value is -3.66. The summed E-state index contributed by atoms with van der Waals surface area (Å²) in [6, 6.07) is 30.2. The third-order valence-electron chi connectivity index (χ3n) is 6.72. The lowest BCUT2D eigenvalue weighted by Crippen LogP contribution is -2.56. The molecular formula is C34H35BrClN3O4S. The molecule has 4 aromatic rings. The van der Waals surface area contributed by atoms with Crippen LogP contribution >= 0.6 is 27.5 Å². The van der Waals surface area contributed by atoms with Crippen molar-refractivity contribution in [2.45, 2.75) is 50.2 Å². The largest absolute Gasteiger partial charge is 0.350 e. The van der Waals surface area contributed by atoms with E-state index in [1.807, 2.05) is 57.2 Å². The minimum Gasteiger partial charge on any atom is -0.350 e. The molecule has 1 atom stereocenters. The number of sulfonamides is 1. The fourth-order valence-corrected chi connectivity index (χ4v) is 6.75. The lowest BCUT2D eigenvalue weighted by molar-refractivity contribution is -0.140. The summed E-state index contributed by atoms with van der Waals surface area (Å²) in [6.45, 7) is 5.10. The van der Waals surface area contributed by atoms with Gasteiger partial charge in [-0.15, -0.1) is 0 Å². The standard InChI is InChI=1S/C34H35BrClN3O4S/c1-34(2,3)37-33(41)31(21-25-12-6-4-7-13-25)38(23-26-14-10-16-28(36)20-26)32(40)24-39(29-17-11-15-27(35)22-29)44(42,43)30-18-8-5-9-19-30/h4-20,22,31H,21,23-24H2,1-3H3,(H,37,41)/t31-/m0/s1. The molecule has 0 fully saturated rings. The molecule has 0 spiro atoms. The van der Waals surface area contributed by atoms with Crippen LogP contribution < -0.4 is 9.62 Å². The zero-order valence-electron chi connectivity index (χ0n) is 24.8. The highest BCUT2D eigenvalue weighted by Crippen LogP contribution is 2.27. The van der Waals surface area contributed by atoms with E-state index >= 15 is 0 Å². The highest BCUT2D eigenvalue weighted by Gasteiger charge is 2.35. The quantitative estimate of drug-likeness (QED) is 0.186. The van der Waals surface area contributed by atoms with Gasteiger partial charge in [-0.2, -0.15) is 0 Å². The molecule has 0 saturated carbocycles. The summed E-state index contributed by atoms with van der Waals surface area (Å²) >= 11 is 9.72. The normalized spacial score (nSPS) is 12.3. The van der Waals surface area contributed by atoms with Crippen molar-refractivity contribution in [3.8, 4) is 0 Å². The van der Waals surface area contributed by atoms with Crippen LogP contribution in [0.15, 0.2) is 119 Å². The maximum atomic E-state index is 14.5. The van der Waals surface area contributed by atoms with Gasteiger partial charge in [0.2, 0.25) is 11.8 Å². The Morgan fingerprint density at radius 3 is 2.07 bits per heavy atom. The van der Waals surface area contributed by atoms with E-state index in [9.17, 15) is 18.0 Å². The van der Waals surface area contributed by atoms with Gasteiger partial charge in [-0.3, -0.25) is 13.9 Å². The van der Waals surface area contributed by atoms with Crippen LogP contribution in [0.5, 0.6) is 0 Å². The summed E-state index contributed by atoms with van der Waals surface area (Å²) in [7, 11) is -4.17. The molecule has 2 amide bonds. The van der Waals surface area contributed by atoms with E-state index in [1.54, 1.807) is 60.7 Å². The van der Waals surface area contributed by atoms with Crippen molar-refractivity contribution >= 4 is 55.1 Å². The fraction of sp³-hybridized carbons (Fsp3) is 0.235. The van der Waals surface area contributed by atoms with Crippen molar-refractivity contribution in [1.82, 2.24) is 10.2 Å². The third kappa shape index (κ3) is 8.94. The fourth-order valence-electron chi connectivity index (χ4n) is 4.72. The predicted molar refractivity (Wildman–Crippen MR) is 179 cm³/mol. The van der Waals surface area contributed by atoms with Crippen molar-refractivity contribution < 1.29 is 18.0 Å². The summed E-state index contributed by atoms with van der Waals surface area (Å²) in [6.07, 6.45) is 0.220. The average molecular weight is 697 g/mol. The number of anilines is 1. The molecule has 44 heavy (non-hydrogen) atoms. The minimum atomic E-state index is -4.17. The molecular weight excluding hydrogens is 662 g/mol. The lowest BCUT2D eigenvalue weighted by atomic mass is 10.0. The molecule has 0 heterocycles. The van der Waals surface area contributed by atoms with Gasteiger partial charge in [-0.05, 0) is 74.4 Å². The molecule has 0 radical (unpaired) electrons. The van der Waals surface area contributed by atoms with E-state index in [-0.39, 0.29) is 23.8 Å². The molecule has 0 aromatic heterocycles. The zero-order chi connectivity index (χ0) is 31.9. The molecule has 0 unspecified atom stereocenters. The van der Waals surface area contributed by atoms with Crippen LogP contribution in [0.25, 0.3) is 0 Å². The lowest BCUT2D eigenvalue weighted by Gasteiger charge is -2.35. The van der Waals surface area contributed by atoms with Crippen LogP contribution in [0.1, 0.15) is 31.9 Å². The van der Waals surface area contributed by atoms with E-state index in [0.29, 0.717) is 20.7 Å². The first-order valence-corrected chi connectivity index (χ1v) is 16.7. The number of hydrogen-bond donors (Lipinski definition) is 1. The molecule has 230 valence electrons. The van der Waals surface area contributed by atoms with Crippen molar-refractivity contribution in [2.75, 3.05) is 10.8 Å². The van der Waals surface area contributed by atoms with Gasteiger partial charge in [-0.1, -0.05) is 94.3 Å². The number of benzene rings is 4. The number of hydrogen-bond acceptors (Lipinski definition) is 4. The molecule has 0 aliphatic heterocycles. The van der Waals surface area contributed by atoms with E-state index in [2.05, 4.69) is 21.2 Å². The van der Waals surface area contributed by atoms with Gasteiger partial charge in [0.25, 0.3) is 10.0 Å². The van der Waals surface area contributed by atoms with Crippen LogP contribution in [0.4, 0.5) is 5.69 Å². The number of amides is 2. The summed E-state index contributed by atoms with van der Waals surface area (Å²) < 4.78 is 29.8. The molecule has 0 aliphatic carbocycles. The van der Waals surface area contributed by atoms with Crippen LogP contribution in [0, 0.1) is 0 Å². The second-order valence-electron chi connectivity index (χ2n) is 11.4. The van der Waals surface area contributed by atoms with E-state index < -0.39 is 34.1 Å². The first-order valence-electron chi connectivity index (χ1n) is 14.1. The maximum Gasteiger partial charge on any atom is 0.264 e. The molecule has 10 heteroatoms. The van der Waals surface area contributed by atoms with Gasteiger partial charge < -0.3 is 10.2 Å². The number of carbonyl (C=O) groups is 2. The Morgan fingerprint density at radius 1 is 0.841 bits per heavy atom. The van der Waals surface area contributed by atoms with Gasteiger partial charge in [0.15, 0.2) is 0 Å². The number of halogens is 2. The molecule has 7 nitrogen and oxygen atoms in total. The van der Waals surface area contributed by atoms with E-state index in [1.165, 1.54) is 17.0 Å². The highest BCUT2D eigenvalue weighted by molar-refractivity contribution is 9.10. The Bertz CT molecular complexity index is 1700. The molecule has 4 aromatic carbocycles. The summed E-state index contributed by atoms with van der Waals surface area (Å²) in [4.78, 5) is 29.9. The number of nitrogens with one attached hydrogen (secondary N) is 1. The summed E-state index contributed by atoms with van der Waals surface area (Å²) in [5, 5.41) is 3.51. The molecule has 4 rings (SSSR count). The van der Waals surface area contributed by atoms with Crippen LogP contribution in [-0.2, 0) is 32.6 Å². The minimum absolute atomic E-state index is 0.0339. The van der Waals surface area contributed by atoms with E-state index in [4.69, 9.17) is 11.6 Å². The Balaban J connectivity index is 1.82. The van der Waals surface area contributed by atoms with Crippen molar-refractivity contribution in [2.24, 2.45) is 0 Å². The molecule has 0 saturated heterocycles. The Labute approximate surface area is 273 Å². The monoisotopic (exact) mass is 695 g/mol. The third-order valence-corrected chi connectivity index (χ3v) is 9.23. The van der Waals surface area contributed by atoms with Gasteiger partial charge in [-0.25, -0.2) is 8.42 Å². The number of carbonyl (C=O) groups excluding carboxylic acids is 2. The molecule has 1 N–H and O–H groups in total. The Morgan fingerprint density at radius 2 is 1.45 bits per heavy atom. The number of rotatable bonds is 11.